The predicted molar refractivity (Wildman–Crippen MR) is 152 cm³/mol. The molecular formula is C30H38N4O3S. The third-order valence-corrected chi connectivity index (χ3v) is 9.47. The van der Waals surface area contributed by atoms with Gasteiger partial charge in [0.05, 0.1) is 23.0 Å². The fourth-order valence-corrected chi connectivity index (χ4v) is 6.80. The van der Waals surface area contributed by atoms with Crippen LogP contribution in [-0.4, -0.2) is 67.0 Å². The molecule has 7 nitrogen and oxygen atoms in total. The van der Waals surface area contributed by atoms with Crippen LogP contribution in [0.15, 0.2) is 54.6 Å². The summed E-state index contributed by atoms with van der Waals surface area (Å²) in [7, 11) is -3.22. The highest BCUT2D eigenvalue weighted by molar-refractivity contribution is 7.88. The summed E-state index contributed by atoms with van der Waals surface area (Å²) in [6.45, 7) is 4.77. The van der Waals surface area contributed by atoms with Crippen LogP contribution in [0.4, 0.5) is 0 Å². The van der Waals surface area contributed by atoms with Gasteiger partial charge in [-0.15, -0.1) is 0 Å². The Labute approximate surface area is 226 Å². The van der Waals surface area contributed by atoms with Crippen molar-refractivity contribution in [3.63, 3.8) is 0 Å². The number of carbonyl (C=O) groups is 1. The summed E-state index contributed by atoms with van der Waals surface area (Å²) >= 11 is 0. The number of nitrogens with zero attached hydrogens (tertiary/aromatic N) is 3. The number of carbonyl (C=O) groups excluding carboxylic acids is 1. The van der Waals surface area contributed by atoms with Crippen molar-refractivity contribution in [1.82, 2.24) is 19.5 Å². The first-order valence-electron chi connectivity index (χ1n) is 13.8. The largest absolute Gasteiger partial charge is 0.349 e. The number of piperazine rings is 1. The van der Waals surface area contributed by atoms with E-state index in [-0.39, 0.29) is 11.9 Å². The molecule has 0 radical (unpaired) electrons. The van der Waals surface area contributed by atoms with Crippen LogP contribution in [0.3, 0.4) is 0 Å². The number of fused-ring (bicyclic) bond motifs is 1. The van der Waals surface area contributed by atoms with Crippen molar-refractivity contribution in [2.75, 3.05) is 32.4 Å². The van der Waals surface area contributed by atoms with Gasteiger partial charge in [0, 0.05) is 55.3 Å². The molecular weight excluding hydrogens is 496 g/mol. The minimum atomic E-state index is -3.22. The zero-order valence-corrected chi connectivity index (χ0v) is 23.2. The van der Waals surface area contributed by atoms with E-state index in [0.29, 0.717) is 44.2 Å². The molecule has 8 heteroatoms. The SMILES string of the molecule is C[C@@H](NC(=O)c1c(CN2CCN(S(C)(=O)=O)CC2)c(-c2ccccc2)nc2ccccc12)C1CCCCC1. The van der Waals surface area contributed by atoms with E-state index in [0.717, 1.165) is 40.6 Å². The number of amides is 1. The van der Waals surface area contributed by atoms with E-state index in [1.807, 2.05) is 54.6 Å². The van der Waals surface area contributed by atoms with Crippen molar-refractivity contribution in [3.8, 4) is 11.3 Å². The van der Waals surface area contributed by atoms with Gasteiger partial charge in [-0.05, 0) is 31.7 Å². The average molecular weight is 535 g/mol. The van der Waals surface area contributed by atoms with Gasteiger partial charge in [-0.2, -0.15) is 4.31 Å². The van der Waals surface area contributed by atoms with Crippen molar-refractivity contribution in [2.45, 2.75) is 51.6 Å². The van der Waals surface area contributed by atoms with Crippen LogP contribution in [0.25, 0.3) is 22.2 Å². The molecule has 1 aliphatic heterocycles. The molecule has 0 bridgehead atoms. The Hall–Kier alpha value is -2.81. The number of rotatable bonds is 7. The Morgan fingerprint density at radius 2 is 1.63 bits per heavy atom. The number of hydrogen-bond donors (Lipinski definition) is 1. The van der Waals surface area contributed by atoms with Crippen LogP contribution in [0.2, 0.25) is 0 Å². The predicted octanol–water partition coefficient (Wildman–Crippen LogP) is 4.68. The number of hydrogen-bond acceptors (Lipinski definition) is 5. The standard InChI is InChI=1S/C30H38N4O3S/c1-22(23-11-5-3-6-12-23)31-30(35)28-25-15-9-10-16-27(25)32-29(24-13-7-4-8-14-24)26(28)21-33-17-19-34(20-18-33)38(2,36)37/h4,7-10,13-16,22-23H,3,5-6,11-12,17-21H2,1-2H3,(H,31,35)/t22-/m1/s1. The highest BCUT2D eigenvalue weighted by atomic mass is 32.2. The Kier molecular flexibility index (Phi) is 8.12. The molecule has 1 atom stereocenters. The van der Waals surface area contributed by atoms with E-state index in [4.69, 9.17) is 4.98 Å². The van der Waals surface area contributed by atoms with Gasteiger partial charge in [0.15, 0.2) is 0 Å². The summed E-state index contributed by atoms with van der Waals surface area (Å²) in [6.07, 6.45) is 7.32. The summed E-state index contributed by atoms with van der Waals surface area (Å²) in [6, 6.07) is 18.0. The third kappa shape index (κ3) is 5.92. The van der Waals surface area contributed by atoms with Crippen LogP contribution < -0.4 is 5.32 Å². The normalized spacial score (nSPS) is 18.9. The molecule has 2 fully saturated rings. The fourth-order valence-electron chi connectivity index (χ4n) is 5.97. The molecule has 0 spiro atoms. The number of benzene rings is 2. The lowest BCUT2D eigenvalue weighted by molar-refractivity contribution is 0.0918. The zero-order chi connectivity index (χ0) is 26.7. The third-order valence-electron chi connectivity index (χ3n) is 8.17. The van der Waals surface area contributed by atoms with Gasteiger partial charge in [-0.25, -0.2) is 13.4 Å². The molecule has 38 heavy (non-hydrogen) atoms. The Morgan fingerprint density at radius 1 is 0.974 bits per heavy atom. The van der Waals surface area contributed by atoms with E-state index in [1.54, 1.807) is 0 Å². The Bertz CT molecular complexity index is 1380. The lowest BCUT2D eigenvalue weighted by atomic mass is 9.84. The van der Waals surface area contributed by atoms with Crippen molar-refractivity contribution < 1.29 is 13.2 Å². The summed E-state index contributed by atoms with van der Waals surface area (Å²) in [5.41, 5.74) is 4.16. The maximum atomic E-state index is 14.1. The molecule has 1 N–H and O–H groups in total. The summed E-state index contributed by atoms with van der Waals surface area (Å²) in [4.78, 5) is 21.4. The summed E-state index contributed by atoms with van der Waals surface area (Å²) in [5.74, 6) is 0.450. The number of sulfonamides is 1. The monoisotopic (exact) mass is 534 g/mol. The van der Waals surface area contributed by atoms with Gasteiger partial charge in [0.25, 0.3) is 5.91 Å². The highest BCUT2D eigenvalue weighted by Gasteiger charge is 2.29. The molecule has 1 saturated carbocycles. The van der Waals surface area contributed by atoms with Gasteiger partial charge < -0.3 is 5.32 Å². The summed E-state index contributed by atoms with van der Waals surface area (Å²) in [5, 5.41) is 4.22. The minimum absolute atomic E-state index is 0.0522. The van der Waals surface area contributed by atoms with E-state index in [1.165, 1.54) is 29.8 Å². The molecule has 202 valence electrons. The van der Waals surface area contributed by atoms with Gasteiger partial charge in [0.1, 0.15) is 0 Å². The molecule has 2 aromatic carbocycles. The van der Waals surface area contributed by atoms with Gasteiger partial charge in [-0.3, -0.25) is 9.69 Å². The van der Waals surface area contributed by atoms with Crippen LogP contribution in [0, 0.1) is 5.92 Å². The first-order valence-corrected chi connectivity index (χ1v) is 15.6. The van der Waals surface area contributed by atoms with Gasteiger partial charge >= 0.3 is 0 Å². The minimum Gasteiger partial charge on any atom is -0.349 e. The van der Waals surface area contributed by atoms with Crippen LogP contribution in [0.1, 0.15) is 54.9 Å². The molecule has 2 heterocycles. The second-order valence-electron chi connectivity index (χ2n) is 10.8. The second kappa shape index (κ2) is 11.5. The van der Waals surface area contributed by atoms with Crippen LogP contribution >= 0.6 is 0 Å². The quantitative estimate of drug-likeness (QED) is 0.476. The van der Waals surface area contributed by atoms with Crippen LogP contribution in [-0.2, 0) is 16.6 Å². The number of nitrogens with one attached hydrogen (secondary N) is 1. The first-order chi connectivity index (χ1) is 18.3. The smallest absolute Gasteiger partial charge is 0.252 e. The van der Waals surface area contributed by atoms with E-state index < -0.39 is 10.0 Å². The number of pyridine rings is 1. The van der Waals surface area contributed by atoms with E-state index in [2.05, 4.69) is 17.1 Å². The van der Waals surface area contributed by atoms with Crippen molar-refractivity contribution >= 4 is 26.8 Å². The molecule has 5 rings (SSSR count). The lowest BCUT2D eigenvalue weighted by Gasteiger charge is -2.34. The molecule has 1 aromatic heterocycles. The molecule has 3 aromatic rings. The topological polar surface area (TPSA) is 82.6 Å². The second-order valence-corrected chi connectivity index (χ2v) is 12.8. The first kappa shape index (κ1) is 26.8. The van der Waals surface area contributed by atoms with E-state index in [9.17, 15) is 13.2 Å². The molecule has 2 aliphatic rings. The van der Waals surface area contributed by atoms with Crippen molar-refractivity contribution in [2.24, 2.45) is 5.92 Å². The fraction of sp³-hybridized carbons (Fsp3) is 0.467. The maximum absolute atomic E-state index is 14.1. The Morgan fingerprint density at radius 3 is 2.32 bits per heavy atom. The highest BCUT2D eigenvalue weighted by Crippen LogP contribution is 2.33. The average Bonchev–Trinajstić information content (AvgIpc) is 2.93. The van der Waals surface area contributed by atoms with Gasteiger partial charge in [0.2, 0.25) is 10.0 Å². The summed E-state index contributed by atoms with van der Waals surface area (Å²) < 4.78 is 25.6. The Balaban J connectivity index is 1.55. The van der Waals surface area contributed by atoms with E-state index >= 15 is 0 Å². The molecule has 0 unspecified atom stereocenters. The van der Waals surface area contributed by atoms with Crippen molar-refractivity contribution in [1.29, 1.82) is 0 Å². The zero-order valence-electron chi connectivity index (χ0n) is 22.4. The lowest BCUT2D eigenvalue weighted by Crippen LogP contribution is -2.48. The van der Waals surface area contributed by atoms with Crippen LogP contribution in [0.5, 0.6) is 0 Å². The molecule has 1 amide bonds. The van der Waals surface area contributed by atoms with Crippen molar-refractivity contribution in [3.05, 3.63) is 65.7 Å². The molecule has 1 aliphatic carbocycles. The maximum Gasteiger partial charge on any atom is 0.252 e. The number of para-hydroxylation sites is 1. The van der Waals surface area contributed by atoms with Gasteiger partial charge in [-0.1, -0.05) is 67.8 Å². The number of aromatic nitrogens is 1. The molecule has 1 saturated heterocycles.